The fraction of sp³-hybridized carbons (Fsp3) is 0.355. The molecule has 15 nitrogen and oxygen atoms in total. The molecular formula is C31H31ClFN7O8. The SMILES string of the molecule is COc1cccc(F)c1-c1cc2c(N3CCN(C(=O)O)C[C@@H]3C(=O)O)c([N+](=O)[O-])c(=O)n(-c3c(C(C)C)ncnc3C(C)C)c2nc1Cl. The molecule has 0 radical (unpaired) electrons. The van der Waals surface area contributed by atoms with Crippen molar-refractivity contribution >= 4 is 46.1 Å². The van der Waals surface area contributed by atoms with E-state index in [-0.39, 0.29) is 63.7 Å². The summed E-state index contributed by atoms with van der Waals surface area (Å²) >= 11 is 6.74. The molecule has 4 aromatic rings. The minimum absolute atomic E-state index is 0.0570. The third-order valence-electron chi connectivity index (χ3n) is 8.12. The maximum Gasteiger partial charge on any atom is 0.407 e. The summed E-state index contributed by atoms with van der Waals surface area (Å²) in [7, 11) is 1.31. The van der Waals surface area contributed by atoms with Crippen LogP contribution in [0.25, 0.3) is 27.8 Å². The van der Waals surface area contributed by atoms with Crippen LogP contribution in [0.1, 0.15) is 50.9 Å². The lowest BCUT2D eigenvalue weighted by Gasteiger charge is -2.39. The Hall–Kier alpha value is -5.38. The van der Waals surface area contributed by atoms with Gasteiger partial charge in [-0.1, -0.05) is 45.4 Å². The van der Waals surface area contributed by atoms with Gasteiger partial charge < -0.3 is 24.7 Å². The summed E-state index contributed by atoms with van der Waals surface area (Å²) in [6.45, 7) is 6.11. The van der Waals surface area contributed by atoms with Crippen molar-refractivity contribution in [3.63, 3.8) is 0 Å². The number of carbonyl (C=O) groups is 2. The molecule has 1 saturated heterocycles. The molecule has 1 aliphatic heterocycles. The molecule has 48 heavy (non-hydrogen) atoms. The Balaban J connectivity index is 2.03. The lowest BCUT2D eigenvalue weighted by atomic mass is 9.99. The van der Waals surface area contributed by atoms with Crippen LogP contribution in [-0.4, -0.2) is 84.4 Å². The number of hydrogen-bond acceptors (Lipinski definition) is 10. The standard InChI is InChI=1S/C31H31ClFN7O8/c1-14(2)22-25(23(15(3)4)35-13-34-22)39-28-17(11-16(27(32)36-28)21-18(33)7-6-8-20(21)48-5)24(26(29(39)41)40(46)47)38-10-9-37(31(44)45)12-19(38)30(42)43/h6-8,11,13-15,19H,9-10,12H2,1-5H3,(H,42,43)(H,44,45)/t19-/m1/s1. The number of pyridine rings is 2. The van der Waals surface area contributed by atoms with Gasteiger partial charge in [0.15, 0.2) is 5.65 Å². The van der Waals surface area contributed by atoms with E-state index < -0.39 is 52.3 Å². The van der Waals surface area contributed by atoms with Gasteiger partial charge in [-0.05, 0) is 30.0 Å². The number of fused-ring (bicyclic) bond motifs is 1. The molecule has 1 atom stereocenters. The average Bonchev–Trinajstić information content (AvgIpc) is 3.03. The van der Waals surface area contributed by atoms with E-state index in [1.54, 1.807) is 0 Å². The second-order valence-corrected chi connectivity index (χ2v) is 12.0. The Kier molecular flexibility index (Phi) is 9.22. The second kappa shape index (κ2) is 13.0. The molecule has 0 aliphatic carbocycles. The monoisotopic (exact) mass is 683 g/mol. The first-order chi connectivity index (χ1) is 22.7. The highest BCUT2D eigenvalue weighted by molar-refractivity contribution is 6.33. The number of carboxylic acid groups (broad SMARTS) is 2. The number of nitro groups is 1. The lowest BCUT2D eigenvalue weighted by Crippen LogP contribution is -2.58. The number of amides is 1. The number of anilines is 1. The second-order valence-electron chi connectivity index (χ2n) is 11.7. The Bertz CT molecular complexity index is 2010. The molecule has 1 aliphatic rings. The van der Waals surface area contributed by atoms with Crippen LogP contribution in [0.4, 0.5) is 20.6 Å². The van der Waals surface area contributed by atoms with E-state index >= 15 is 4.39 Å². The molecule has 1 aromatic carbocycles. The quantitative estimate of drug-likeness (QED) is 0.143. The van der Waals surface area contributed by atoms with Gasteiger partial charge in [-0.15, -0.1) is 0 Å². The summed E-state index contributed by atoms with van der Waals surface area (Å²) in [5.74, 6) is -2.81. The Labute approximate surface area is 277 Å². The third-order valence-corrected chi connectivity index (χ3v) is 8.41. The van der Waals surface area contributed by atoms with E-state index in [1.807, 2.05) is 27.7 Å². The number of halogens is 2. The minimum atomic E-state index is -1.65. The van der Waals surface area contributed by atoms with Gasteiger partial charge in [0.05, 0.1) is 41.2 Å². The summed E-state index contributed by atoms with van der Waals surface area (Å²) in [5.41, 5.74) is -2.16. The largest absolute Gasteiger partial charge is 0.496 e. The van der Waals surface area contributed by atoms with E-state index in [0.29, 0.717) is 11.4 Å². The topological polar surface area (TPSA) is 194 Å². The number of aliphatic carboxylic acids is 1. The predicted molar refractivity (Wildman–Crippen MR) is 173 cm³/mol. The van der Waals surface area contributed by atoms with Crippen molar-refractivity contribution in [2.24, 2.45) is 0 Å². The molecule has 1 amide bonds. The number of piperazine rings is 1. The van der Waals surface area contributed by atoms with Crippen molar-refractivity contribution in [1.29, 1.82) is 0 Å². The number of carboxylic acids is 1. The number of nitrogens with zero attached hydrogens (tertiary/aromatic N) is 7. The number of hydrogen-bond donors (Lipinski definition) is 2. The highest BCUT2D eigenvalue weighted by atomic mass is 35.5. The molecule has 1 fully saturated rings. The smallest absolute Gasteiger partial charge is 0.407 e. The summed E-state index contributed by atoms with van der Waals surface area (Å²) < 4.78 is 21.8. The van der Waals surface area contributed by atoms with Crippen LogP contribution in [0.2, 0.25) is 5.15 Å². The zero-order valence-electron chi connectivity index (χ0n) is 26.5. The Morgan fingerprint density at radius 2 is 1.75 bits per heavy atom. The zero-order chi connectivity index (χ0) is 35.2. The first kappa shape index (κ1) is 34.0. The van der Waals surface area contributed by atoms with Crippen LogP contribution >= 0.6 is 11.6 Å². The summed E-state index contributed by atoms with van der Waals surface area (Å²) in [5, 5.41) is 32.3. The molecule has 4 heterocycles. The number of aromatic nitrogens is 4. The van der Waals surface area contributed by atoms with E-state index in [9.17, 15) is 34.7 Å². The van der Waals surface area contributed by atoms with Gasteiger partial charge in [-0.25, -0.2) is 28.9 Å². The van der Waals surface area contributed by atoms with Gasteiger partial charge in [0, 0.05) is 24.0 Å². The predicted octanol–water partition coefficient (Wildman–Crippen LogP) is 5.05. The zero-order valence-corrected chi connectivity index (χ0v) is 27.2. The van der Waals surface area contributed by atoms with Crippen LogP contribution in [0.15, 0.2) is 35.4 Å². The van der Waals surface area contributed by atoms with Crippen LogP contribution < -0.4 is 15.2 Å². The Morgan fingerprint density at radius 1 is 1.10 bits per heavy atom. The van der Waals surface area contributed by atoms with Gasteiger partial charge in [0.2, 0.25) is 0 Å². The first-order valence-electron chi connectivity index (χ1n) is 14.8. The van der Waals surface area contributed by atoms with Gasteiger partial charge >= 0.3 is 23.3 Å². The van der Waals surface area contributed by atoms with Crippen molar-refractivity contribution in [1.82, 2.24) is 24.4 Å². The molecule has 5 rings (SSSR count). The summed E-state index contributed by atoms with van der Waals surface area (Å²) in [4.78, 5) is 66.2. The van der Waals surface area contributed by atoms with Gasteiger partial charge in [0.1, 0.15) is 34.8 Å². The highest BCUT2D eigenvalue weighted by Crippen LogP contribution is 2.43. The first-order valence-corrected chi connectivity index (χ1v) is 15.2. The summed E-state index contributed by atoms with van der Waals surface area (Å²) in [6, 6.07) is 3.68. The van der Waals surface area contributed by atoms with Crippen LogP contribution in [0.3, 0.4) is 0 Å². The van der Waals surface area contributed by atoms with E-state index in [4.69, 9.17) is 16.3 Å². The average molecular weight is 684 g/mol. The molecule has 0 unspecified atom stereocenters. The van der Waals surface area contributed by atoms with Crippen LogP contribution in [0.5, 0.6) is 5.75 Å². The van der Waals surface area contributed by atoms with E-state index in [1.165, 1.54) is 31.6 Å². The number of rotatable bonds is 8. The normalized spacial score (nSPS) is 15.0. The Morgan fingerprint density at radius 3 is 2.29 bits per heavy atom. The van der Waals surface area contributed by atoms with Gasteiger partial charge in [0.25, 0.3) is 0 Å². The molecular weight excluding hydrogens is 653 g/mol. The molecule has 0 bridgehead atoms. The maximum atomic E-state index is 15.4. The number of methoxy groups -OCH3 is 1. The highest BCUT2D eigenvalue weighted by Gasteiger charge is 2.41. The fourth-order valence-corrected chi connectivity index (χ4v) is 6.18. The lowest BCUT2D eigenvalue weighted by molar-refractivity contribution is -0.385. The van der Waals surface area contributed by atoms with Crippen molar-refractivity contribution in [2.75, 3.05) is 31.6 Å². The van der Waals surface area contributed by atoms with Crippen LogP contribution in [0, 0.1) is 15.9 Å². The third kappa shape index (κ3) is 5.72. The van der Waals surface area contributed by atoms with E-state index in [2.05, 4.69) is 15.0 Å². The molecule has 2 N–H and O–H groups in total. The number of benzene rings is 1. The fourth-order valence-electron chi connectivity index (χ4n) is 5.95. The molecule has 0 spiro atoms. The number of ether oxygens (including phenoxy) is 1. The molecule has 3 aromatic heterocycles. The van der Waals surface area contributed by atoms with Crippen molar-refractivity contribution in [3.05, 3.63) is 73.4 Å². The molecule has 252 valence electrons. The molecule has 0 saturated carbocycles. The van der Waals surface area contributed by atoms with Crippen molar-refractivity contribution in [3.8, 4) is 22.6 Å². The molecule has 17 heteroatoms. The minimum Gasteiger partial charge on any atom is -0.496 e. The van der Waals surface area contributed by atoms with Crippen molar-refractivity contribution in [2.45, 2.75) is 45.6 Å². The summed E-state index contributed by atoms with van der Waals surface area (Å²) in [6.07, 6.45) is -0.0587. The van der Waals surface area contributed by atoms with Gasteiger partial charge in [-0.3, -0.25) is 19.5 Å². The van der Waals surface area contributed by atoms with Crippen LogP contribution in [-0.2, 0) is 4.79 Å². The maximum absolute atomic E-state index is 15.4. The van der Waals surface area contributed by atoms with Crippen molar-refractivity contribution < 1.29 is 33.9 Å². The van der Waals surface area contributed by atoms with Gasteiger partial charge in [-0.2, -0.15) is 0 Å². The van der Waals surface area contributed by atoms with E-state index in [0.717, 1.165) is 20.4 Å².